The van der Waals surface area contributed by atoms with Crippen molar-refractivity contribution in [3.8, 4) is 0 Å². The molecule has 0 saturated carbocycles. The van der Waals surface area contributed by atoms with E-state index in [-0.39, 0.29) is 6.03 Å². The van der Waals surface area contributed by atoms with Crippen LogP contribution in [0.2, 0.25) is 5.02 Å². The third-order valence-electron chi connectivity index (χ3n) is 2.97. The molecule has 0 atom stereocenters. The molecule has 0 aliphatic heterocycles. The molecule has 114 valence electrons. The molecule has 2 aromatic carbocycles. The Bertz CT molecular complexity index is 639. The largest absolute Gasteiger partial charge is 0.338 e. The molecule has 0 unspecified atom stereocenters. The second-order valence-electron chi connectivity index (χ2n) is 4.66. The number of benzene rings is 2. The molecule has 5 heteroatoms. The highest BCUT2D eigenvalue weighted by molar-refractivity contribution is 9.10. The van der Waals surface area contributed by atoms with Gasteiger partial charge in [0.1, 0.15) is 0 Å². The van der Waals surface area contributed by atoms with E-state index in [1.165, 1.54) is 0 Å². The van der Waals surface area contributed by atoms with E-state index in [9.17, 15) is 4.79 Å². The van der Waals surface area contributed by atoms with Gasteiger partial charge in [0.2, 0.25) is 0 Å². The van der Waals surface area contributed by atoms with Crippen LogP contribution in [0.3, 0.4) is 0 Å². The molecule has 0 saturated heterocycles. The van der Waals surface area contributed by atoms with Crippen molar-refractivity contribution in [2.24, 2.45) is 0 Å². The maximum Gasteiger partial charge on any atom is 0.318 e. The first-order chi connectivity index (χ1) is 10.6. The second-order valence-corrected chi connectivity index (χ2v) is 6.01. The molecule has 2 rings (SSSR count). The topological polar surface area (TPSA) is 41.1 Å². The van der Waals surface area contributed by atoms with Crippen LogP contribution in [0, 0.1) is 0 Å². The lowest BCUT2D eigenvalue weighted by Gasteiger charge is -2.05. The van der Waals surface area contributed by atoms with E-state index in [4.69, 9.17) is 11.6 Å². The minimum absolute atomic E-state index is 0.220. The Balaban J connectivity index is 1.69. The third-order valence-corrected chi connectivity index (χ3v) is 3.75. The third kappa shape index (κ3) is 5.92. The van der Waals surface area contributed by atoms with Gasteiger partial charge < -0.3 is 10.6 Å². The zero-order valence-corrected chi connectivity index (χ0v) is 14.2. The lowest BCUT2D eigenvalue weighted by atomic mass is 10.1. The van der Waals surface area contributed by atoms with Gasteiger partial charge in [-0.3, -0.25) is 0 Å². The first kappa shape index (κ1) is 16.6. The number of carbonyl (C=O) groups is 1. The molecule has 0 aromatic heterocycles. The number of carbonyl (C=O) groups excluding carboxylic acids is 1. The van der Waals surface area contributed by atoms with Crippen LogP contribution in [0.15, 0.2) is 59.2 Å². The fourth-order valence-corrected chi connectivity index (χ4v) is 2.20. The summed E-state index contributed by atoms with van der Waals surface area (Å²) < 4.78 is 1.03. The van der Waals surface area contributed by atoms with Crippen LogP contribution in [0.25, 0.3) is 6.08 Å². The van der Waals surface area contributed by atoms with Crippen LogP contribution in [0.5, 0.6) is 0 Å². The number of rotatable bonds is 5. The molecule has 0 fully saturated rings. The van der Waals surface area contributed by atoms with Crippen LogP contribution < -0.4 is 10.6 Å². The van der Waals surface area contributed by atoms with E-state index >= 15 is 0 Å². The van der Waals surface area contributed by atoms with Gasteiger partial charge in [-0.15, -0.1) is 0 Å². The van der Waals surface area contributed by atoms with E-state index in [2.05, 4.69) is 26.6 Å². The molecule has 0 radical (unpaired) electrons. The van der Waals surface area contributed by atoms with Crippen molar-refractivity contribution in [1.82, 2.24) is 10.6 Å². The smallest absolute Gasteiger partial charge is 0.318 e. The minimum atomic E-state index is -0.220. The normalized spacial score (nSPS) is 10.6. The number of hydrogen-bond donors (Lipinski definition) is 2. The van der Waals surface area contributed by atoms with E-state index in [1.807, 2.05) is 54.6 Å². The highest BCUT2D eigenvalue weighted by Gasteiger charge is 1.98. The first-order valence-corrected chi connectivity index (χ1v) is 8.01. The van der Waals surface area contributed by atoms with Crippen molar-refractivity contribution in [3.05, 3.63) is 75.4 Å². The molecule has 2 aromatic rings. The maximum absolute atomic E-state index is 11.6. The molecule has 22 heavy (non-hydrogen) atoms. The Morgan fingerprint density at radius 3 is 2.45 bits per heavy atom. The number of urea groups is 1. The molecule has 3 nitrogen and oxygen atoms in total. The summed E-state index contributed by atoms with van der Waals surface area (Å²) in [4.78, 5) is 11.6. The van der Waals surface area contributed by atoms with Crippen LogP contribution in [0.1, 0.15) is 11.1 Å². The summed E-state index contributed by atoms with van der Waals surface area (Å²) in [6.07, 6.45) is 4.23. The zero-order valence-electron chi connectivity index (χ0n) is 11.9. The molecule has 2 N–H and O–H groups in total. The average molecular weight is 380 g/mol. The van der Waals surface area contributed by atoms with Gasteiger partial charge in [0.05, 0.1) is 0 Å². The Labute approximate surface area is 143 Å². The summed E-state index contributed by atoms with van der Waals surface area (Å²) in [5.74, 6) is 0. The monoisotopic (exact) mass is 378 g/mol. The molecular formula is C17H16BrClN2O. The molecule has 2 amide bonds. The van der Waals surface area contributed by atoms with Crippen LogP contribution in [-0.4, -0.2) is 12.6 Å². The molecule has 0 heterocycles. The lowest BCUT2D eigenvalue weighted by Crippen LogP contribution is -2.33. The summed E-state index contributed by atoms with van der Waals surface area (Å²) in [5.41, 5.74) is 2.15. The van der Waals surface area contributed by atoms with Crippen molar-refractivity contribution in [2.45, 2.75) is 6.42 Å². The highest BCUT2D eigenvalue weighted by Crippen LogP contribution is 2.11. The number of nitrogens with one attached hydrogen (secondary N) is 2. The van der Waals surface area contributed by atoms with Crippen molar-refractivity contribution in [3.63, 3.8) is 0 Å². The van der Waals surface area contributed by atoms with Crippen molar-refractivity contribution < 1.29 is 4.79 Å². The van der Waals surface area contributed by atoms with Crippen LogP contribution in [0.4, 0.5) is 4.79 Å². The van der Waals surface area contributed by atoms with Gasteiger partial charge in [-0.1, -0.05) is 51.8 Å². The number of halogens is 2. The maximum atomic E-state index is 11.6. The quantitative estimate of drug-likeness (QED) is 0.782. The predicted octanol–water partition coefficient (Wildman–Crippen LogP) is 4.62. The van der Waals surface area contributed by atoms with Gasteiger partial charge in [0, 0.05) is 22.2 Å². The average Bonchev–Trinajstić information content (AvgIpc) is 2.51. The Kier molecular flexibility index (Phi) is 6.49. The van der Waals surface area contributed by atoms with E-state index in [0.717, 1.165) is 22.0 Å². The lowest BCUT2D eigenvalue weighted by molar-refractivity contribution is 0.244. The molecule has 0 spiro atoms. The Morgan fingerprint density at radius 2 is 1.77 bits per heavy atom. The van der Waals surface area contributed by atoms with E-state index in [1.54, 1.807) is 6.20 Å². The van der Waals surface area contributed by atoms with Gasteiger partial charge in [0.15, 0.2) is 0 Å². The number of hydrogen-bond acceptors (Lipinski definition) is 1. The minimum Gasteiger partial charge on any atom is -0.338 e. The molecule has 0 aliphatic rings. The zero-order chi connectivity index (χ0) is 15.8. The van der Waals surface area contributed by atoms with Crippen molar-refractivity contribution in [2.75, 3.05) is 6.54 Å². The summed E-state index contributed by atoms with van der Waals surface area (Å²) in [7, 11) is 0. The van der Waals surface area contributed by atoms with Gasteiger partial charge in [-0.05, 0) is 47.9 Å². The standard InChI is InChI=1S/C17H16BrClN2O/c18-15-5-1-13(2-6-15)9-11-20-17(22)21-12-10-14-3-7-16(19)8-4-14/h1-9,11H,10,12H2,(H2,20,21,22)/b11-9+. The fraction of sp³-hybridized carbons (Fsp3) is 0.118. The van der Waals surface area contributed by atoms with Gasteiger partial charge >= 0.3 is 6.03 Å². The van der Waals surface area contributed by atoms with Crippen molar-refractivity contribution >= 4 is 39.6 Å². The summed E-state index contributed by atoms with van der Waals surface area (Å²) in [6.45, 7) is 0.569. The fourth-order valence-electron chi connectivity index (χ4n) is 1.81. The number of amides is 2. The first-order valence-electron chi connectivity index (χ1n) is 6.84. The molecule has 0 aliphatic carbocycles. The van der Waals surface area contributed by atoms with Crippen molar-refractivity contribution in [1.29, 1.82) is 0 Å². The van der Waals surface area contributed by atoms with Crippen LogP contribution >= 0.6 is 27.5 Å². The summed E-state index contributed by atoms with van der Waals surface area (Å²) in [6, 6.07) is 15.2. The summed E-state index contributed by atoms with van der Waals surface area (Å²) >= 11 is 9.20. The van der Waals surface area contributed by atoms with Gasteiger partial charge in [-0.2, -0.15) is 0 Å². The highest BCUT2D eigenvalue weighted by atomic mass is 79.9. The Morgan fingerprint density at radius 1 is 1.09 bits per heavy atom. The van der Waals surface area contributed by atoms with Gasteiger partial charge in [0.25, 0.3) is 0 Å². The van der Waals surface area contributed by atoms with Gasteiger partial charge in [-0.25, -0.2) is 4.79 Å². The Hall–Kier alpha value is -1.78. The summed E-state index contributed by atoms with van der Waals surface area (Å²) in [5, 5.41) is 6.19. The second kappa shape index (κ2) is 8.61. The molecule has 0 bridgehead atoms. The van der Waals surface area contributed by atoms with E-state index < -0.39 is 0 Å². The predicted molar refractivity (Wildman–Crippen MR) is 94.9 cm³/mol. The SMILES string of the molecule is O=C(N/C=C/c1ccc(Br)cc1)NCCc1ccc(Cl)cc1. The molecular weight excluding hydrogens is 364 g/mol. The van der Waals surface area contributed by atoms with E-state index in [0.29, 0.717) is 11.6 Å². The van der Waals surface area contributed by atoms with Crippen LogP contribution in [-0.2, 0) is 6.42 Å².